The average Bonchev–Trinajstić information content (AvgIpc) is 3.16. The number of amides is 1. The van der Waals surface area contributed by atoms with E-state index in [2.05, 4.69) is 5.32 Å². The van der Waals surface area contributed by atoms with Gasteiger partial charge in [0.2, 0.25) is 0 Å². The van der Waals surface area contributed by atoms with Gasteiger partial charge in [0.15, 0.2) is 11.5 Å². The normalized spacial score (nSPS) is 10.5. The molecule has 162 valence electrons. The molecule has 1 N–H and O–H groups in total. The number of halogens is 1. The molecule has 7 nitrogen and oxygen atoms in total. The number of hydrogen-bond donors (Lipinski definition) is 1. The van der Waals surface area contributed by atoms with Crippen LogP contribution in [0.25, 0.3) is 0 Å². The minimum Gasteiger partial charge on any atom is -0.493 e. The van der Waals surface area contributed by atoms with Crippen molar-refractivity contribution < 1.29 is 28.2 Å². The molecule has 3 aromatic rings. The van der Waals surface area contributed by atoms with Crippen molar-refractivity contribution in [2.75, 3.05) is 14.2 Å². The summed E-state index contributed by atoms with van der Waals surface area (Å²) in [5, 5.41) is 3.41. The average molecular weight is 444 g/mol. The lowest BCUT2D eigenvalue weighted by Crippen LogP contribution is -2.22. The molecule has 31 heavy (non-hydrogen) atoms. The van der Waals surface area contributed by atoms with Crippen LogP contribution in [-0.4, -0.2) is 26.1 Å². The highest BCUT2D eigenvalue weighted by Gasteiger charge is 2.17. The van der Waals surface area contributed by atoms with E-state index in [1.807, 2.05) is 12.1 Å². The summed E-state index contributed by atoms with van der Waals surface area (Å²) in [5.41, 5.74) is 1.68. The molecule has 0 aliphatic carbocycles. The van der Waals surface area contributed by atoms with Gasteiger partial charge >= 0.3 is 5.97 Å². The summed E-state index contributed by atoms with van der Waals surface area (Å²) in [4.78, 5) is 24.2. The van der Waals surface area contributed by atoms with Gasteiger partial charge in [0.05, 0.1) is 20.8 Å². The van der Waals surface area contributed by atoms with Crippen LogP contribution in [0, 0.1) is 6.92 Å². The zero-order chi connectivity index (χ0) is 22.4. The number of hydrogen-bond acceptors (Lipinski definition) is 6. The maximum absolute atomic E-state index is 12.5. The van der Waals surface area contributed by atoms with Crippen molar-refractivity contribution >= 4 is 23.5 Å². The molecular formula is C23H22ClNO6. The van der Waals surface area contributed by atoms with E-state index in [4.69, 9.17) is 30.2 Å². The fraction of sp³-hybridized carbons (Fsp3) is 0.217. The second-order valence-corrected chi connectivity index (χ2v) is 7.07. The molecule has 2 aromatic carbocycles. The lowest BCUT2D eigenvalue weighted by atomic mass is 10.2. The van der Waals surface area contributed by atoms with Crippen LogP contribution in [-0.2, 0) is 17.9 Å². The predicted octanol–water partition coefficient (Wildman–Crippen LogP) is 4.55. The largest absolute Gasteiger partial charge is 0.493 e. The van der Waals surface area contributed by atoms with Gasteiger partial charge < -0.3 is 23.9 Å². The number of nitrogens with one attached hydrogen (secondary N) is 1. The summed E-state index contributed by atoms with van der Waals surface area (Å²) in [6.45, 7) is 2.11. The Morgan fingerprint density at radius 2 is 1.77 bits per heavy atom. The van der Waals surface area contributed by atoms with E-state index in [0.717, 1.165) is 5.56 Å². The Kier molecular flexibility index (Phi) is 7.20. The minimum atomic E-state index is -0.488. The minimum absolute atomic E-state index is 0.119. The highest BCUT2D eigenvalue weighted by atomic mass is 35.5. The van der Waals surface area contributed by atoms with Crippen molar-refractivity contribution in [2.45, 2.75) is 20.1 Å². The number of rotatable bonds is 8. The van der Waals surface area contributed by atoms with Crippen molar-refractivity contribution in [3.63, 3.8) is 0 Å². The first-order valence-electron chi connectivity index (χ1n) is 9.42. The molecule has 1 heterocycles. The number of carbonyl (C=O) groups is 2. The first kappa shape index (κ1) is 22.2. The van der Waals surface area contributed by atoms with Crippen LogP contribution in [0.3, 0.4) is 0 Å². The molecule has 0 atom stereocenters. The third kappa shape index (κ3) is 5.58. The fourth-order valence-corrected chi connectivity index (χ4v) is 3.01. The molecule has 1 aromatic heterocycles. The third-order valence-corrected chi connectivity index (χ3v) is 4.78. The topological polar surface area (TPSA) is 87.0 Å². The number of furan rings is 1. The molecule has 0 bridgehead atoms. The maximum Gasteiger partial charge on any atom is 0.341 e. The summed E-state index contributed by atoms with van der Waals surface area (Å²) in [6, 6.07) is 13.8. The summed E-state index contributed by atoms with van der Waals surface area (Å²) in [5.74, 6) is 1.01. The van der Waals surface area contributed by atoms with Crippen molar-refractivity contribution in [2.24, 2.45) is 0 Å². The second kappa shape index (κ2) is 10.0. The molecule has 3 rings (SSSR count). The Bertz CT molecular complexity index is 1070. The molecule has 0 unspecified atom stereocenters. The van der Waals surface area contributed by atoms with Gasteiger partial charge in [-0.2, -0.15) is 0 Å². The molecule has 0 aliphatic heterocycles. The van der Waals surface area contributed by atoms with Gasteiger partial charge in [-0.1, -0.05) is 23.7 Å². The third-order valence-electron chi connectivity index (χ3n) is 4.53. The summed E-state index contributed by atoms with van der Waals surface area (Å²) < 4.78 is 21.4. The van der Waals surface area contributed by atoms with Gasteiger partial charge in [0.1, 0.15) is 23.7 Å². The summed E-state index contributed by atoms with van der Waals surface area (Å²) in [7, 11) is 2.80. The number of ether oxygens (including phenoxy) is 3. The summed E-state index contributed by atoms with van der Waals surface area (Å²) in [6.07, 6.45) is 0. The highest BCUT2D eigenvalue weighted by molar-refractivity contribution is 6.30. The molecular weight excluding hydrogens is 422 g/mol. The molecule has 0 radical (unpaired) electrons. The molecule has 0 spiro atoms. The number of benzene rings is 2. The fourth-order valence-electron chi connectivity index (χ4n) is 2.88. The molecule has 1 amide bonds. The van der Waals surface area contributed by atoms with Gasteiger partial charge in [-0.05, 0) is 48.9 Å². The van der Waals surface area contributed by atoms with E-state index < -0.39 is 5.97 Å². The SMILES string of the molecule is COC(=O)c1cc(CNC(=O)c2ccc(OCc3ccc(Cl)cc3)c(OC)c2)oc1C. The zero-order valence-electron chi connectivity index (χ0n) is 17.4. The Balaban J connectivity index is 1.63. The predicted molar refractivity (Wildman–Crippen MR) is 115 cm³/mol. The lowest BCUT2D eigenvalue weighted by Gasteiger charge is -2.12. The summed E-state index contributed by atoms with van der Waals surface area (Å²) >= 11 is 5.89. The lowest BCUT2D eigenvalue weighted by molar-refractivity contribution is 0.0598. The van der Waals surface area contributed by atoms with Crippen LogP contribution in [0.15, 0.2) is 52.9 Å². The zero-order valence-corrected chi connectivity index (χ0v) is 18.1. The molecule has 0 saturated heterocycles. The van der Waals surface area contributed by atoms with Gasteiger partial charge in [-0.25, -0.2) is 4.79 Å². The molecule has 0 saturated carbocycles. The molecule has 0 fully saturated rings. The Morgan fingerprint density at radius 1 is 1.03 bits per heavy atom. The van der Waals surface area contributed by atoms with Gasteiger partial charge in [-0.3, -0.25) is 4.79 Å². The highest BCUT2D eigenvalue weighted by Crippen LogP contribution is 2.29. The molecule has 0 aliphatic rings. The van der Waals surface area contributed by atoms with E-state index in [1.54, 1.807) is 43.3 Å². The second-order valence-electron chi connectivity index (χ2n) is 6.64. The monoisotopic (exact) mass is 443 g/mol. The van der Waals surface area contributed by atoms with Crippen molar-refractivity contribution in [1.29, 1.82) is 0 Å². The number of methoxy groups -OCH3 is 2. The number of aryl methyl sites for hydroxylation is 1. The van der Waals surface area contributed by atoms with E-state index in [9.17, 15) is 9.59 Å². The van der Waals surface area contributed by atoms with Crippen LogP contribution in [0.4, 0.5) is 0 Å². The number of esters is 1. The standard InChI is InChI=1S/C23H22ClNO6/c1-14-19(23(27)29-3)11-18(31-14)12-25-22(26)16-6-9-20(21(10-16)28-2)30-13-15-4-7-17(24)8-5-15/h4-11H,12-13H2,1-3H3,(H,25,26). The van der Waals surface area contributed by atoms with Crippen LogP contribution >= 0.6 is 11.6 Å². The Labute approximate surface area is 184 Å². The van der Waals surface area contributed by atoms with E-state index in [-0.39, 0.29) is 12.5 Å². The Hall–Kier alpha value is -3.45. The smallest absolute Gasteiger partial charge is 0.341 e. The van der Waals surface area contributed by atoms with Crippen molar-refractivity contribution in [3.05, 3.63) is 81.8 Å². The number of carbonyl (C=O) groups excluding carboxylic acids is 2. The van der Waals surface area contributed by atoms with Crippen LogP contribution in [0.5, 0.6) is 11.5 Å². The van der Waals surface area contributed by atoms with Crippen LogP contribution in [0.1, 0.15) is 37.8 Å². The van der Waals surface area contributed by atoms with Crippen molar-refractivity contribution in [1.82, 2.24) is 5.32 Å². The van der Waals surface area contributed by atoms with Gasteiger partial charge in [-0.15, -0.1) is 0 Å². The van der Waals surface area contributed by atoms with Gasteiger partial charge in [0, 0.05) is 10.6 Å². The van der Waals surface area contributed by atoms with Gasteiger partial charge in [0.25, 0.3) is 5.91 Å². The van der Waals surface area contributed by atoms with E-state index >= 15 is 0 Å². The first-order valence-corrected chi connectivity index (χ1v) is 9.80. The van der Waals surface area contributed by atoms with Crippen LogP contribution < -0.4 is 14.8 Å². The maximum atomic E-state index is 12.5. The Morgan fingerprint density at radius 3 is 2.45 bits per heavy atom. The van der Waals surface area contributed by atoms with Crippen molar-refractivity contribution in [3.8, 4) is 11.5 Å². The van der Waals surface area contributed by atoms with Crippen LogP contribution in [0.2, 0.25) is 5.02 Å². The van der Waals surface area contributed by atoms with E-state index in [0.29, 0.717) is 45.8 Å². The first-order chi connectivity index (χ1) is 14.9. The quantitative estimate of drug-likeness (QED) is 0.514. The molecule has 8 heteroatoms. The van der Waals surface area contributed by atoms with E-state index in [1.165, 1.54) is 14.2 Å².